The summed E-state index contributed by atoms with van der Waals surface area (Å²) in [6.45, 7) is 1.19. The maximum absolute atomic E-state index is 12.5. The third kappa shape index (κ3) is 3.96. The molecule has 0 saturated heterocycles. The molecule has 0 radical (unpaired) electrons. The molecule has 1 aromatic heterocycles. The highest BCUT2D eigenvalue weighted by molar-refractivity contribution is 5.97. The molecule has 2 amide bonds. The summed E-state index contributed by atoms with van der Waals surface area (Å²) in [5.74, 6) is -0.819. The predicted octanol–water partition coefficient (Wildman–Crippen LogP) is 1.76. The van der Waals surface area contributed by atoms with Crippen molar-refractivity contribution >= 4 is 11.8 Å². The number of carbonyl (C=O) groups is 2. The number of nitrogens with zero attached hydrogens (tertiary/aromatic N) is 2. The average molecular weight is 315 g/mol. The van der Waals surface area contributed by atoms with Gasteiger partial charge in [0.2, 0.25) is 5.91 Å². The van der Waals surface area contributed by atoms with E-state index < -0.39 is 17.8 Å². The van der Waals surface area contributed by atoms with Gasteiger partial charge < -0.3 is 10.2 Å². The molecule has 1 aliphatic carbocycles. The minimum absolute atomic E-state index is 0.0192. The minimum Gasteiger partial charge on any atom is -0.352 e. The molecule has 1 fully saturated rings. The largest absolute Gasteiger partial charge is 0.433 e. The number of hydrogen-bond donors (Lipinski definition) is 1. The Morgan fingerprint density at radius 3 is 2.50 bits per heavy atom. The standard InChI is InChI=1S/C14H16F3N3O2/c1-8-10(5-6-11(18-8)14(15,16)17)13(22)20(2)7-12(21)19-9-3-4-9/h5-6,9H,3-4,7H2,1-2H3,(H,19,21). The highest BCUT2D eigenvalue weighted by Gasteiger charge is 2.33. The quantitative estimate of drug-likeness (QED) is 0.921. The highest BCUT2D eigenvalue weighted by Crippen LogP contribution is 2.28. The third-order valence-corrected chi connectivity index (χ3v) is 3.28. The summed E-state index contributed by atoms with van der Waals surface area (Å²) in [7, 11) is 1.42. The molecule has 1 aliphatic rings. The third-order valence-electron chi connectivity index (χ3n) is 3.28. The number of amides is 2. The number of hydrogen-bond acceptors (Lipinski definition) is 3. The van der Waals surface area contributed by atoms with Crippen LogP contribution < -0.4 is 5.32 Å². The lowest BCUT2D eigenvalue weighted by molar-refractivity contribution is -0.141. The Bertz CT molecular complexity index is 597. The van der Waals surface area contributed by atoms with Crippen molar-refractivity contribution in [3.8, 4) is 0 Å². The molecule has 2 rings (SSSR count). The molecule has 1 saturated carbocycles. The molecule has 1 aromatic rings. The number of carbonyl (C=O) groups excluding carboxylic acids is 2. The van der Waals surface area contributed by atoms with Crippen LogP contribution in [-0.2, 0) is 11.0 Å². The van der Waals surface area contributed by atoms with Gasteiger partial charge in [-0.2, -0.15) is 13.2 Å². The van der Waals surface area contributed by atoms with E-state index in [1.54, 1.807) is 0 Å². The predicted molar refractivity (Wildman–Crippen MR) is 72.1 cm³/mol. The van der Waals surface area contributed by atoms with Crippen LogP contribution in [0.3, 0.4) is 0 Å². The van der Waals surface area contributed by atoms with Gasteiger partial charge in [0.1, 0.15) is 5.69 Å². The molecule has 8 heteroatoms. The Balaban J connectivity index is 2.06. The molecule has 0 aliphatic heterocycles. The van der Waals surface area contributed by atoms with Crippen LogP contribution in [0.5, 0.6) is 0 Å². The summed E-state index contributed by atoms with van der Waals surface area (Å²) in [5, 5.41) is 2.74. The van der Waals surface area contributed by atoms with Gasteiger partial charge in [-0.3, -0.25) is 9.59 Å². The number of halogens is 3. The van der Waals surface area contributed by atoms with Crippen molar-refractivity contribution in [1.82, 2.24) is 15.2 Å². The van der Waals surface area contributed by atoms with Gasteiger partial charge >= 0.3 is 6.18 Å². The van der Waals surface area contributed by atoms with Gasteiger partial charge in [0.25, 0.3) is 5.91 Å². The topological polar surface area (TPSA) is 62.3 Å². The molecule has 1 N–H and O–H groups in total. The monoisotopic (exact) mass is 315 g/mol. The number of aryl methyl sites for hydroxylation is 1. The Labute approximate surface area is 125 Å². The van der Waals surface area contributed by atoms with Gasteiger partial charge in [0.05, 0.1) is 17.8 Å². The van der Waals surface area contributed by atoms with Crippen molar-refractivity contribution in [2.24, 2.45) is 0 Å². The van der Waals surface area contributed by atoms with Crippen LogP contribution in [0, 0.1) is 6.92 Å². The summed E-state index contributed by atoms with van der Waals surface area (Å²) in [4.78, 5) is 28.4. The van der Waals surface area contributed by atoms with Crippen molar-refractivity contribution < 1.29 is 22.8 Å². The average Bonchev–Trinajstić information content (AvgIpc) is 3.20. The van der Waals surface area contributed by atoms with Crippen LogP contribution in [0.1, 0.15) is 34.6 Å². The molecule has 0 spiro atoms. The molecule has 0 unspecified atom stereocenters. The first kappa shape index (κ1) is 16.3. The Morgan fingerprint density at radius 2 is 2.00 bits per heavy atom. The van der Waals surface area contributed by atoms with Crippen molar-refractivity contribution in [2.75, 3.05) is 13.6 Å². The van der Waals surface area contributed by atoms with E-state index in [9.17, 15) is 22.8 Å². The SMILES string of the molecule is Cc1nc(C(F)(F)F)ccc1C(=O)N(C)CC(=O)NC1CC1. The second-order valence-electron chi connectivity index (χ2n) is 5.33. The van der Waals surface area contributed by atoms with Gasteiger partial charge in [-0.25, -0.2) is 4.98 Å². The van der Waals surface area contributed by atoms with E-state index in [1.165, 1.54) is 14.0 Å². The maximum Gasteiger partial charge on any atom is 0.433 e. The first-order valence-electron chi connectivity index (χ1n) is 6.78. The van der Waals surface area contributed by atoms with Crippen LogP contribution in [0.2, 0.25) is 0 Å². The molecule has 120 valence electrons. The Morgan fingerprint density at radius 1 is 1.36 bits per heavy atom. The van der Waals surface area contributed by atoms with Gasteiger partial charge in [-0.15, -0.1) is 0 Å². The fourth-order valence-electron chi connectivity index (χ4n) is 1.94. The number of alkyl halides is 3. The van der Waals surface area contributed by atoms with E-state index in [0.29, 0.717) is 0 Å². The molecule has 0 atom stereocenters. The normalized spacial score (nSPS) is 14.6. The van der Waals surface area contributed by atoms with E-state index in [4.69, 9.17) is 0 Å². The summed E-state index contributed by atoms with van der Waals surface area (Å²) < 4.78 is 37.6. The zero-order valence-electron chi connectivity index (χ0n) is 12.2. The second-order valence-corrected chi connectivity index (χ2v) is 5.33. The molecular weight excluding hydrogens is 299 g/mol. The fraction of sp³-hybridized carbons (Fsp3) is 0.500. The molecule has 0 bridgehead atoms. The Kier molecular flexibility index (Phi) is 4.39. The lowest BCUT2D eigenvalue weighted by atomic mass is 10.1. The second kappa shape index (κ2) is 5.94. The van der Waals surface area contributed by atoms with Crippen molar-refractivity contribution in [1.29, 1.82) is 0 Å². The number of likely N-dealkylation sites (N-methyl/N-ethyl adjacent to an activating group) is 1. The van der Waals surface area contributed by atoms with Crippen LogP contribution >= 0.6 is 0 Å². The lowest BCUT2D eigenvalue weighted by Crippen LogP contribution is -2.39. The van der Waals surface area contributed by atoms with E-state index in [0.717, 1.165) is 29.9 Å². The van der Waals surface area contributed by atoms with Crippen LogP contribution in [-0.4, -0.2) is 41.3 Å². The van der Waals surface area contributed by atoms with Gasteiger partial charge in [0.15, 0.2) is 0 Å². The van der Waals surface area contributed by atoms with Crippen LogP contribution in [0.4, 0.5) is 13.2 Å². The van der Waals surface area contributed by atoms with E-state index in [2.05, 4.69) is 10.3 Å². The first-order valence-corrected chi connectivity index (χ1v) is 6.78. The lowest BCUT2D eigenvalue weighted by Gasteiger charge is -2.18. The maximum atomic E-state index is 12.5. The minimum atomic E-state index is -4.55. The number of aromatic nitrogens is 1. The summed E-state index contributed by atoms with van der Waals surface area (Å²) in [6, 6.07) is 2.03. The number of nitrogens with one attached hydrogen (secondary N) is 1. The van der Waals surface area contributed by atoms with E-state index in [1.807, 2.05) is 0 Å². The highest BCUT2D eigenvalue weighted by atomic mass is 19.4. The van der Waals surface area contributed by atoms with Gasteiger partial charge in [-0.05, 0) is 31.9 Å². The van der Waals surface area contributed by atoms with Crippen molar-refractivity contribution in [2.45, 2.75) is 32.0 Å². The Hall–Kier alpha value is -2.12. The fourth-order valence-corrected chi connectivity index (χ4v) is 1.94. The van der Waals surface area contributed by atoms with Crippen LogP contribution in [0.15, 0.2) is 12.1 Å². The van der Waals surface area contributed by atoms with E-state index >= 15 is 0 Å². The molecule has 1 heterocycles. The molecule has 5 nitrogen and oxygen atoms in total. The zero-order valence-corrected chi connectivity index (χ0v) is 12.2. The zero-order chi connectivity index (χ0) is 16.5. The molecular formula is C14H16F3N3O2. The summed E-state index contributed by atoms with van der Waals surface area (Å²) in [5.41, 5.74) is -1.01. The van der Waals surface area contributed by atoms with Crippen LogP contribution in [0.25, 0.3) is 0 Å². The summed E-state index contributed by atoms with van der Waals surface area (Å²) in [6.07, 6.45) is -2.68. The van der Waals surface area contributed by atoms with Gasteiger partial charge in [0, 0.05) is 13.1 Å². The number of pyridine rings is 1. The smallest absolute Gasteiger partial charge is 0.352 e. The number of rotatable bonds is 4. The molecule has 22 heavy (non-hydrogen) atoms. The van der Waals surface area contributed by atoms with E-state index in [-0.39, 0.29) is 29.8 Å². The summed E-state index contributed by atoms with van der Waals surface area (Å²) >= 11 is 0. The van der Waals surface area contributed by atoms with Crippen molar-refractivity contribution in [3.63, 3.8) is 0 Å². The van der Waals surface area contributed by atoms with Gasteiger partial charge in [-0.1, -0.05) is 0 Å². The van der Waals surface area contributed by atoms with Crippen molar-refractivity contribution in [3.05, 3.63) is 29.1 Å². The molecule has 0 aromatic carbocycles. The first-order chi connectivity index (χ1) is 10.2.